The summed E-state index contributed by atoms with van der Waals surface area (Å²) in [5, 5.41) is 15.9. The van der Waals surface area contributed by atoms with Crippen LogP contribution in [0.3, 0.4) is 0 Å². The fraction of sp³-hybridized carbons (Fsp3) is 0.710. The Morgan fingerprint density at radius 3 is 2.28 bits per heavy atom. The van der Waals surface area contributed by atoms with E-state index in [1.165, 1.54) is 6.42 Å². The Bertz CT molecular complexity index is 937. The van der Waals surface area contributed by atoms with Crippen molar-refractivity contribution < 1.29 is 24.2 Å². The summed E-state index contributed by atoms with van der Waals surface area (Å²) in [6, 6.07) is 3.81. The standard InChI is InChI=1S/C31H51N3O5/c1-7-8-9-10-14-19-34(29(37)26(21-35)33-30(38)39-31(4,5)6)27(24-18-17-22(2)23(3)20-24)28(36)32-25-15-12-11-13-16-25/h17-18,20,25-27,35H,7-16,19,21H2,1-6H3,(H,32,36)(H,33,38). The van der Waals surface area contributed by atoms with Crippen LogP contribution in [0.4, 0.5) is 4.79 Å². The Labute approximate surface area is 235 Å². The predicted molar refractivity (Wildman–Crippen MR) is 154 cm³/mol. The van der Waals surface area contributed by atoms with Gasteiger partial charge in [0.25, 0.3) is 0 Å². The van der Waals surface area contributed by atoms with Crippen molar-refractivity contribution in [2.24, 2.45) is 0 Å². The van der Waals surface area contributed by atoms with Gasteiger partial charge in [-0.15, -0.1) is 0 Å². The van der Waals surface area contributed by atoms with Crippen LogP contribution in [0.2, 0.25) is 0 Å². The Balaban J connectivity index is 2.42. The molecule has 1 aliphatic rings. The van der Waals surface area contributed by atoms with Crippen LogP contribution < -0.4 is 10.6 Å². The fourth-order valence-corrected chi connectivity index (χ4v) is 5.02. The van der Waals surface area contributed by atoms with Crippen molar-refractivity contribution in [1.29, 1.82) is 0 Å². The fourth-order valence-electron chi connectivity index (χ4n) is 5.02. The minimum absolute atomic E-state index is 0.0790. The van der Waals surface area contributed by atoms with E-state index in [1.807, 2.05) is 32.0 Å². The van der Waals surface area contributed by atoms with Crippen molar-refractivity contribution >= 4 is 17.9 Å². The topological polar surface area (TPSA) is 108 Å². The predicted octanol–water partition coefficient (Wildman–Crippen LogP) is 5.48. The van der Waals surface area contributed by atoms with Crippen LogP contribution >= 0.6 is 0 Å². The molecule has 220 valence electrons. The number of benzene rings is 1. The summed E-state index contributed by atoms with van der Waals surface area (Å²) >= 11 is 0. The second kappa shape index (κ2) is 15.8. The first kappa shape index (κ1) is 32.6. The molecule has 0 bridgehead atoms. The molecule has 2 atom stereocenters. The second-order valence-electron chi connectivity index (χ2n) is 11.9. The highest BCUT2D eigenvalue weighted by atomic mass is 16.6. The van der Waals surface area contributed by atoms with Crippen LogP contribution in [-0.4, -0.2) is 58.8 Å². The number of ether oxygens (including phenoxy) is 1. The van der Waals surface area contributed by atoms with E-state index >= 15 is 0 Å². The van der Waals surface area contributed by atoms with Crippen molar-refractivity contribution in [2.75, 3.05) is 13.2 Å². The zero-order chi connectivity index (χ0) is 29.0. The van der Waals surface area contributed by atoms with E-state index in [9.17, 15) is 19.5 Å². The molecule has 0 spiro atoms. The third-order valence-electron chi connectivity index (χ3n) is 7.32. The van der Waals surface area contributed by atoms with E-state index < -0.39 is 36.3 Å². The molecule has 3 amide bonds. The van der Waals surface area contributed by atoms with E-state index in [0.717, 1.165) is 68.1 Å². The highest BCUT2D eigenvalue weighted by Crippen LogP contribution is 2.27. The van der Waals surface area contributed by atoms with E-state index in [2.05, 4.69) is 17.6 Å². The zero-order valence-electron chi connectivity index (χ0n) is 25.0. The lowest BCUT2D eigenvalue weighted by Crippen LogP contribution is -2.55. The average molecular weight is 546 g/mol. The third kappa shape index (κ3) is 10.8. The molecular formula is C31H51N3O5. The molecule has 8 heteroatoms. The van der Waals surface area contributed by atoms with Crippen LogP contribution in [0.25, 0.3) is 0 Å². The molecule has 39 heavy (non-hydrogen) atoms. The van der Waals surface area contributed by atoms with E-state index in [0.29, 0.717) is 13.0 Å². The molecule has 8 nitrogen and oxygen atoms in total. The van der Waals surface area contributed by atoms with Gasteiger partial charge < -0.3 is 25.4 Å². The lowest BCUT2D eigenvalue weighted by Gasteiger charge is -2.35. The summed E-state index contributed by atoms with van der Waals surface area (Å²) in [5.74, 6) is -0.720. The minimum Gasteiger partial charge on any atom is -0.444 e. The molecule has 1 fully saturated rings. The number of unbranched alkanes of at least 4 members (excludes halogenated alkanes) is 4. The molecule has 2 rings (SSSR count). The van der Waals surface area contributed by atoms with Crippen LogP contribution in [0.5, 0.6) is 0 Å². The summed E-state index contributed by atoms with van der Waals surface area (Å²) in [4.78, 5) is 42.0. The van der Waals surface area contributed by atoms with Gasteiger partial charge in [-0.1, -0.05) is 70.1 Å². The normalized spacial score (nSPS) is 15.8. The number of amides is 3. The van der Waals surface area contributed by atoms with Gasteiger partial charge in [-0.2, -0.15) is 0 Å². The summed E-state index contributed by atoms with van der Waals surface area (Å²) in [7, 11) is 0. The van der Waals surface area contributed by atoms with Crippen molar-refractivity contribution in [2.45, 2.75) is 129 Å². The van der Waals surface area contributed by atoms with Crippen LogP contribution in [0.1, 0.15) is 115 Å². The molecule has 0 aromatic heterocycles. The molecule has 2 unspecified atom stereocenters. The van der Waals surface area contributed by atoms with Gasteiger partial charge in [0.2, 0.25) is 11.8 Å². The van der Waals surface area contributed by atoms with E-state index in [1.54, 1.807) is 25.7 Å². The second-order valence-corrected chi connectivity index (χ2v) is 11.9. The van der Waals surface area contributed by atoms with Gasteiger partial charge >= 0.3 is 6.09 Å². The highest BCUT2D eigenvalue weighted by Gasteiger charge is 2.36. The Kier molecular flexibility index (Phi) is 13.2. The minimum atomic E-state index is -1.23. The molecule has 1 aliphatic carbocycles. The summed E-state index contributed by atoms with van der Waals surface area (Å²) < 4.78 is 5.34. The number of aliphatic hydroxyl groups excluding tert-OH is 1. The number of hydrogen-bond acceptors (Lipinski definition) is 5. The Hall–Kier alpha value is -2.61. The summed E-state index contributed by atoms with van der Waals surface area (Å²) in [6.45, 7) is 11.1. The van der Waals surface area contributed by atoms with Gasteiger partial charge in [0.05, 0.1) is 6.61 Å². The van der Waals surface area contributed by atoms with Gasteiger partial charge in [-0.3, -0.25) is 9.59 Å². The van der Waals surface area contributed by atoms with Crippen LogP contribution in [0.15, 0.2) is 18.2 Å². The lowest BCUT2D eigenvalue weighted by molar-refractivity contribution is -0.143. The molecule has 0 aliphatic heterocycles. The third-order valence-corrected chi connectivity index (χ3v) is 7.32. The van der Waals surface area contributed by atoms with E-state index in [4.69, 9.17) is 4.74 Å². The number of carbonyl (C=O) groups excluding carboxylic acids is 3. The van der Waals surface area contributed by atoms with Crippen molar-refractivity contribution in [3.63, 3.8) is 0 Å². The maximum atomic E-state index is 14.0. The van der Waals surface area contributed by atoms with Gasteiger partial charge in [0, 0.05) is 12.6 Å². The number of aliphatic hydroxyl groups is 1. The monoisotopic (exact) mass is 545 g/mol. The number of alkyl carbamates (subject to hydrolysis) is 1. The first-order chi connectivity index (χ1) is 18.5. The van der Waals surface area contributed by atoms with Crippen LogP contribution in [-0.2, 0) is 14.3 Å². The number of rotatable bonds is 13. The largest absolute Gasteiger partial charge is 0.444 e. The maximum Gasteiger partial charge on any atom is 0.408 e. The highest BCUT2D eigenvalue weighted by molar-refractivity contribution is 5.92. The molecule has 0 saturated heterocycles. The summed E-state index contributed by atoms with van der Waals surface area (Å²) in [6.07, 6.45) is 9.28. The molecular weight excluding hydrogens is 494 g/mol. The summed E-state index contributed by atoms with van der Waals surface area (Å²) in [5.41, 5.74) is 2.10. The van der Waals surface area contributed by atoms with E-state index in [-0.39, 0.29) is 11.9 Å². The number of nitrogens with zero attached hydrogens (tertiary/aromatic N) is 1. The van der Waals surface area contributed by atoms with Crippen molar-refractivity contribution in [1.82, 2.24) is 15.5 Å². The van der Waals surface area contributed by atoms with Crippen molar-refractivity contribution in [3.05, 3.63) is 34.9 Å². The van der Waals surface area contributed by atoms with Gasteiger partial charge in [0.15, 0.2) is 0 Å². The van der Waals surface area contributed by atoms with Crippen LogP contribution in [0, 0.1) is 13.8 Å². The number of carbonyl (C=O) groups is 3. The Morgan fingerprint density at radius 1 is 1.03 bits per heavy atom. The van der Waals surface area contributed by atoms with Gasteiger partial charge in [-0.25, -0.2) is 4.79 Å². The molecule has 1 aromatic rings. The molecule has 1 saturated carbocycles. The number of nitrogens with one attached hydrogen (secondary N) is 2. The molecule has 0 radical (unpaired) electrons. The number of hydrogen-bond donors (Lipinski definition) is 3. The van der Waals surface area contributed by atoms with Crippen molar-refractivity contribution in [3.8, 4) is 0 Å². The molecule has 1 aromatic carbocycles. The molecule has 3 N–H and O–H groups in total. The van der Waals surface area contributed by atoms with Gasteiger partial charge in [-0.05, 0) is 70.6 Å². The smallest absolute Gasteiger partial charge is 0.408 e. The first-order valence-electron chi connectivity index (χ1n) is 14.7. The lowest BCUT2D eigenvalue weighted by atomic mass is 9.94. The zero-order valence-corrected chi connectivity index (χ0v) is 25.0. The average Bonchev–Trinajstić information content (AvgIpc) is 2.87. The molecule has 0 heterocycles. The first-order valence-corrected chi connectivity index (χ1v) is 14.7. The number of aryl methyl sites for hydroxylation is 2. The van der Waals surface area contributed by atoms with Gasteiger partial charge in [0.1, 0.15) is 17.7 Å². The SMILES string of the molecule is CCCCCCCN(C(=O)C(CO)NC(=O)OC(C)(C)C)C(C(=O)NC1CCCCC1)c1ccc(C)c(C)c1. The maximum absolute atomic E-state index is 14.0. The Morgan fingerprint density at radius 2 is 1.69 bits per heavy atom. The quantitative estimate of drug-likeness (QED) is 0.285.